The summed E-state index contributed by atoms with van der Waals surface area (Å²) in [6.45, 7) is 6.79. The molecule has 0 aromatic rings. The first-order valence-electron chi connectivity index (χ1n) is 6.54. The molecule has 1 N–H and O–H groups in total. The van der Waals surface area contributed by atoms with Gasteiger partial charge in [0.2, 0.25) is 5.91 Å². The van der Waals surface area contributed by atoms with Crippen LogP contribution in [-0.4, -0.2) is 48.7 Å². The Morgan fingerprint density at radius 1 is 1.41 bits per heavy atom. The third kappa shape index (κ3) is 2.80. The van der Waals surface area contributed by atoms with Gasteiger partial charge in [-0.05, 0) is 33.1 Å². The van der Waals surface area contributed by atoms with Crippen LogP contribution in [0.3, 0.4) is 0 Å². The standard InChI is InChI=1S/C13H24N2O2/c1-12(2)10-15(8-7-14-12)11(16)9-13(17-3)5-4-6-13/h14H,4-10H2,1-3H3. The van der Waals surface area contributed by atoms with Crippen LogP contribution in [0.25, 0.3) is 0 Å². The number of ether oxygens (including phenoxy) is 1. The molecule has 17 heavy (non-hydrogen) atoms. The van der Waals surface area contributed by atoms with Crippen molar-refractivity contribution in [1.29, 1.82) is 0 Å². The van der Waals surface area contributed by atoms with Gasteiger partial charge >= 0.3 is 0 Å². The highest BCUT2D eigenvalue weighted by molar-refractivity contribution is 5.77. The van der Waals surface area contributed by atoms with E-state index in [4.69, 9.17) is 4.74 Å². The first-order chi connectivity index (χ1) is 7.96. The van der Waals surface area contributed by atoms with E-state index in [9.17, 15) is 4.79 Å². The summed E-state index contributed by atoms with van der Waals surface area (Å²) in [7, 11) is 1.73. The highest BCUT2D eigenvalue weighted by atomic mass is 16.5. The number of piperazine rings is 1. The van der Waals surface area contributed by atoms with Crippen LogP contribution in [0.1, 0.15) is 39.5 Å². The van der Waals surface area contributed by atoms with Gasteiger partial charge in [0.1, 0.15) is 0 Å². The van der Waals surface area contributed by atoms with Gasteiger partial charge in [-0.15, -0.1) is 0 Å². The van der Waals surface area contributed by atoms with Crippen LogP contribution in [0, 0.1) is 0 Å². The molecule has 1 heterocycles. The molecule has 0 unspecified atom stereocenters. The second-order valence-electron chi connectivity index (χ2n) is 6.04. The lowest BCUT2D eigenvalue weighted by Crippen LogP contribution is -2.59. The van der Waals surface area contributed by atoms with Crippen molar-refractivity contribution < 1.29 is 9.53 Å². The van der Waals surface area contributed by atoms with Crippen molar-refractivity contribution in [3.05, 3.63) is 0 Å². The predicted molar refractivity (Wildman–Crippen MR) is 66.9 cm³/mol. The van der Waals surface area contributed by atoms with Gasteiger partial charge < -0.3 is 15.0 Å². The number of rotatable bonds is 3. The van der Waals surface area contributed by atoms with E-state index in [1.54, 1.807) is 7.11 Å². The summed E-state index contributed by atoms with van der Waals surface area (Å²) in [4.78, 5) is 14.3. The minimum Gasteiger partial charge on any atom is -0.378 e. The fourth-order valence-electron chi connectivity index (χ4n) is 2.77. The number of hydrogen-bond acceptors (Lipinski definition) is 3. The Balaban J connectivity index is 1.91. The van der Waals surface area contributed by atoms with Crippen LogP contribution in [0.4, 0.5) is 0 Å². The van der Waals surface area contributed by atoms with Gasteiger partial charge in [0.15, 0.2) is 0 Å². The second-order valence-corrected chi connectivity index (χ2v) is 6.04. The predicted octanol–water partition coefficient (Wildman–Crippen LogP) is 1.16. The Hall–Kier alpha value is -0.610. The molecule has 0 aromatic heterocycles. The van der Waals surface area contributed by atoms with E-state index in [2.05, 4.69) is 19.2 Å². The fraction of sp³-hybridized carbons (Fsp3) is 0.923. The van der Waals surface area contributed by atoms with Crippen LogP contribution >= 0.6 is 0 Å². The van der Waals surface area contributed by atoms with Crippen molar-refractivity contribution in [3.63, 3.8) is 0 Å². The zero-order chi connectivity index (χ0) is 12.5. The number of nitrogens with zero attached hydrogens (tertiary/aromatic N) is 1. The lowest BCUT2D eigenvalue weighted by molar-refractivity contribution is -0.146. The summed E-state index contributed by atoms with van der Waals surface area (Å²) >= 11 is 0. The van der Waals surface area contributed by atoms with E-state index in [0.29, 0.717) is 6.42 Å². The zero-order valence-corrected chi connectivity index (χ0v) is 11.2. The van der Waals surface area contributed by atoms with E-state index >= 15 is 0 Å². The molecular formula is C13H24N2O2. The molecule has 4 nitrogen and oxygen atoms in total. The van der Waals surface area contributed by atoms with Gasteiger partial charge in [0, 0.05) is 32.3 Å². The molecule has 4 heteroatoms. The van der Waals surface area contributed by atoms with E-state index in [-0.39, 0.29) is 17.0 Å². The van der Waals surface area contributed by atoms with Crippen molar-refractivity contribution in [1.82, 2.24) is 10.2 Å². The lowest BCUT2D eigenvalue weighted by Gasteiger charge is -2.44. The topological polar surface area (TPSA) is 41.6 Å². The maximum absolute atomic E-state index is 12.3. The molecule has 0 bridgehead atoms. The molecular weight excluding hydrogens is 216 g/mol. The van der Waals surface area contributed by atoms with Crippen LogP contribution in [0.2, 0.25) is 0 Å². The van der Waals surface area contributed by atoms with Gasteiger partial charge in [0.05, 0.1) is 12.0 Å². The molecule has 2 aliphatic rings. The molecule has 1 aliphatic heterocycles. The van der Waals surface area contributed by atoms with Gasteiger partial charge in [-0.25, -0.2) is 0 Å². The third-order valence-corrected chi connectivity index (χ3v) is 4.10. The summed E-state index contributed by atoms with van der Waals surface area (Å²) < 4.78 is 5.52. The van der Waals surface area contributed by atoms with Gasteiger partial charge in [0.25, 0.3) is 0 Å². The molecule has 0 spiro atoms. The number of carbonyl (C=O) groups is 1. The van der Waals surface area contributed by atoms with Gasteiger partial charge in [-0.2, -0.15) is 0 Å². The van der Waals surface area contributed by atoms with E-state index < -0.39 is 0 Å². The molecule has 1 saturated heterocycles. The minimum atomic E-state index is -0.147. The maximum atomic E-state index is 12.3. The average molecular weight is 240 g/mol. The van der Waals surface area contributed by atoms with Crippen molar-refractivity contribution in [3.8, 4) is 0 Å². The summed E-state index contributed by atoms with van der Waals surface area (Å²) in [5, 5.41) is 3.42. The smallest absolute Gasteiger partial charge is 0.225 e. The van der Waals surface area contributed by atoms with E-state index in [1.165, 1.54) is 6.42 Å². The SMILES string of the molecule is COC1(CC(=O)N2CCNC(C)(C)C2)CCC1. The molecule has 0 atom stereocenters. The number of methoxy groups -OCH3 is 1. The quantitative estimate of drug-likeness (QED) is 0.805. The van der Waals surface area contributed by atoms with Gasteiger partial charge in [-0.3, -0.25) is 4.79 Å². The number of nitrogens with one attached hydrogen (secondary N) is 1. The third-order valence-electron chi connectivity index (χ3n) is 4.10. The average Bonchev–Trinajstić information content (AvgIpc) is 2.21. The fourth-order valence-corrected chi connectivity index (χ4v) is 2.77. The molecule has 1 aliphatic carbocycles. The van der Waals surface area contributed by atoms with Crippen molar-refractivity contribution in [2.75, 3.05) is 26.7 Å². The van der Waals surface area contributed by atoms with Crippen molar-refractivity contribution in [2.45, 2.75) is 50.7 Å². The van der Waals surface area contributed by atoms with Crippen LogP contribution in [0.5, 0.6) is 0 Å². The first kappa shape index (κ1) is 12.8. The summed E-state index contributed by atoms with van der Waals surface area (Å²) in [5.74, 6) is 0.251. The van der Waals surface area contributed by atoms with Gasteiger partial charge in [-0.1, -0.05) is 0 Å². The number of carbonyl (C=O) groups excluding carboxylic acids is 1. The Kier molecular flexibility index (Phi) is 3.46. The highest BCUT2D eigenvalue weighted by Gasteiger charge is 2.41. The molecule has 2 fully saturated rings. The normalized spacial score (nSPS) is 26.4. The Morgan fingerprint density at radius 2 is 2.12 bits per heavy atom. The van der Waals surface area contributed by atoms with Crippen LogP contribution < -0.4 is 5.32 Å². The molecule has 1 saturated carbocycles. The molecule has 1 amide bonds. The molecule has 0 aromatic carbocycles. The summed E-state index contributed by atoms with van der Waals surface area (Å²) in [6.07, 6.45) is 3.81. The minimum absolute atomic E-state index is 0.0355. The molecule has 2 rings (SSSR count). The van der Waals surface area contributed by atoms with Crippen molar-refractivity contribution >= 4 is 5.91 Å². The molecule has 0 radical (unpaired) electrons. The van der Waals surface area contributed by atoms with Crippen molar-refractivity contribution in [2.24, 2.45) is 0 Å². The molecule has 98 valence electrons. The Labute approximate surface area is 104 Å². The van der Waals surface area contributed by atoms with E-state index in [1.807, 2.05) is 4.90 Å². The largest absolute Gasteiger partial charge is 0.378 e. The number of amides is 1. The monoisotopic (exact) mass is 240 g/mol. The number of hydrogen-bond donors (Lipinski definition) is 1. The maximum Gasteiger partial charge on any atom is 0.225 e. The lowest BCUT2D eigenvalue weighted by atomic mass is 9.77. The first-order valence-corrected chi connectivity index (χ1v) is 6.54. The summed E-state index contributed by atoms with van der Waals surface area (Å²) in [6, 6.07) is 0. The zero-order valence-electron chi connectivity index (χ0n) is 11.2. The van der Waals surface area contributed by atoms with Crippen LogP contribution in [0.15, 0.2) is 0 Å². The highest BCUT2D eigenvalue weighted by Crippen LogP contribution is 2.38. The Bertz CT molecular complexity index is 292. The Morgan fingerprint density at radius 3 is 2.59 bits per heavy atom. The summed E-state index contributed by atoms with van der Waals surface area (Å²) in [5.41, 5.74) is -0.111. The second kappa shape index (κ2) is 4.58. The van der Waals surface area contributed by atoms with Crippen LogP contribution in [-0.2, 0) is 9.53 Å². The van der Waals surface area contributed by atoms with E-state index in [0.717, 1.165) is 32.5 Å².